The Bertz CT molecular complexity index is 955. The highest BCUT2D eigenvalue weighted by atomic mass is 127. The fourth-order valence-corrected chi connectivity index (χ4v) is 6.36. The number of carbonyl (C=O) groups is 1. The van der Waals surface area contributed by atoms with Crippen LogP contribution in [0.5, 0.6) is 0 Å². The molecule has 0 bridgehead atoms. The molecule has 0 unspecified atom stereocenters. The van der Waals surface area contributed by atoms with Crippen LogP contribution in [-0.4, -0.2) is 44.0 Å². The van der Waals surface area contributed by atoms with Gasteiger partial charge in [0.15, 0.2) is 0 Å². The van der Waals surface area contributed by atoms with Gasteiger partial charge in [0.25, 0.3) is 5.91 Å². The second-order valence-corrected chi connectivity index (χ2v) is 11.1. The van der Waals surface area contributed by atoms with Crippen LogP contribution in [0.3, 0.4) is 0 Å². The quantitative estimate of drug-likeness (QED) is 0.511. The molecule has 1 saturated heterocycles. The number of nitrogens with one attached hydrogen (secondary N) is 1. The summed E-state index contributed by atoms with van der Waals surface area (Å²) < 4.78 is 27.6. The fraction of sp³-hybridized carbons (Fsp3) is 0.435. The number of rotatable bonds is 8. The highest BCUT2D eigenvalue weighted by Crippen LogP contribution is 2.39. The van der Waals surface area contributed by atoms with E-state index < -0.39 is 10.0 Å². The van der Waals surface area contributed by atoms with Gasteiger partial charge < -0.3 is 5.32 Å². The monoisotopic (exact) mass is 540 g/mol. The predicted octanol–water partition coefficient (Wildman–Crippen LogP) is 4.18. The summed E-state index contributed by atoms with van der Waals surface area (Å²) in [7, 11) is -3.18. The van der Waals surface area contributed by atoms with E-state index in [1.54, 1.807) is 4.31 Å². The van der Waals surface area contributed by atoms with Gasteiger partial charge in [-0.1, -0.05) is 49.4 Å². The number of halogens is 1. The SMILES string of the molecule is CCCS(=O)(=O)N1CCC(CCNC(=O)c2ccccc2I)(c2ccccc2)CC1. The Balaban J connectivity index is 1.70. The Morgan fingerprint density at radius 2 is 1.70 bits per heavy atom. The van der Waals surface area contributed by atoms with Crippen LogP contribution in [0.25, 0.3) is 0 Å². The molecule has 30 heavy (non-hydrogen) atoms. The average molecular weight is 540 g/mol. The summed E-state index contributed by atoms with van der Waals surface area (Å²) in [4.78, 5) is 12.6. The molecule has 2 aromatic rings. The van der Waals surface area contributed by atoms with E-state index in [1.165, 1.54) is 5.56 Å². The Morgan fingerprint density at radius 3 is 2.33 bits per heavy atom. The number of hydrogen-bond donors (Lipinski definition) is 1. The normalized spacial score (nSPS) is 16.9. The summed E-state index contributed by atoms with van der Waals surface area (Å²) >= 11 is 2.18. The van der Waals surface area contributed by atoms with Crippen molar-refractivity contribution < 1.29 is 13.2 Å². The summed E-state index contributed by atoms with van der Waals surface area (Å²) in [6.07, 6.45) is 2.94. The maximum Gasteiger partial charge on any atom is 0.252 e. The molecule has 0 aliphatic carbocycles. The average Bonchev–Trinajstić information content (AvgIpc) is 2.75. The van der Waals surface area contributed by atoms with Crippen LogP contribution in [0.15, 0.2) is 54.6 Å². The number of carbonyl (C=O) groups excluding carboxylic acids is 1. The lowest BCUT2D eigenvalue weighted by molar-refractivity contribution is 0.0946. The standard InChI is InChI=1S/C23H29IN2O3S/c1-2-18-30(28,29)26-16-13-23(14-17-26,19-8-4-3-5-9-19)12-15-25-22(27)20-10-6-7-11-21(20)24/h3-11H,2,12-18H2,1H3,(H,25,27). The summed E-state index contributed by atoms with van der Waals surface area (Å²) in [5.41, 5.74) is 1.78. The Hall–Kier alpha value is -1.45. The van der Waals surface area contributed by atoms with Crippen molar-refractivity contribution in [2.24, 2.45) is 0 Å². The number of sulfonamides is 1. The zero-order valence-corrected chi connectivity index (χ0v) is 20.3. The van der Waals surface area contributed by atoms with Gasteiger partial charge >= 0.3 is 0 Å². The summed E-state index contributed by atoms with van der Waals surface area (Å²) in [5, 5.41) is 3.07. The Kier molecular flexibility index (Phi) is 7.92. The van der Waals surface area contributed by atoms with Crippen LogP contribution < -0.4 is 5.32 Å². The first-order valence-corrected chi connectivity index (χ1v) is 13.1. The predicted molar refractivity (Wildman–Crippen MR) is 129 cm³/mol. The molecule has 162 valence electrons. The lowest BCUT2D eigenvalue weighted by Crippen LogP contribution is -2.47. The second-order valence-electron chi connectivity index (χ2n) is 7.85. The molecular formula is C23H29IN2O3S. The van der Waals surface area contributed by atoms with Crippen molar-refractivity contribution in [2.45, 2.75) is 38.0 Å². The largest absolute Gasteiger partial charge is 0.352 e. The van der Waals surface area contributed by atoms with E-state index in [-0.39, 0.29) is 17.1 Å². The van der Waals surface area contributed by atoms with Crippen molar-refractivity contribution in [3.05, 3.63) is 69.3 Å². The number of nitrogens with zero attached hydrogens (tertiary/aromatic N) is 1. The molecule has 3 rings (SSSR count). The van der Waals surface area contributed by atoms with Crippen LogP contribution in [0.2, 0.25) is 0 Å². The highest BCUT2D eigenvalue weighted by molar-refractivity contribution is 14.1. The van der Waals surface area contributed by atoms with Gasteiger partial charge in [0.2, 0.25) is 10.0 Å². The maximum atomic E-state index is 12.6. The molecule has 2 aromatic carbocycles. The van der Waals surface area contributed by atoms with Crippen LogP contribution in [-0.2, 0) is 15.4 Å². The minimum Gasteiger partial charge on any atom is -0.352 e. The van der Waals surface area contributed by atoms with E-state index in [2.05, 4.69) is 40.0 Å². The maximum absolute atomic E-state index is 12.6. The molecule has 1 aliphatic rings. The molecule has 0 radical (unpaired) electrons. The van der Waals surface area contributed by atoms with Gasteiger partial charge in [0.05, 0.1) is 11.3 Å². The smallest absolute Gasteiger partial charge is 0.252 e. The van der Waals surface area contributed by atoms with Crippen molar-refractivity contribution in [3.8, 4) is 0 Å². The topological polar surface area (TPSA) is 66.5 Å². The summed E-state index contributed by atoms with van der Waals surface area (Å²) in [6, 6.07) is 17.9. The van der Waals surface area contributed by atoms with Gasteiger partial charge in [-0.2, -0.15) is 0 Å². The summed E-state index contributed by atoms with van der Waals surface area (Å²) in [6.45, 7) is 3.51. The fourth-order valence-electron chi connectivity index (χ4n) is 4.21. The molecule has 0 saturated carbocycles. The van der Waals surface area contributed by atoms with Crippen LogP contribution in [0.1, 0.15) is 48.5 Å². The van der Waals surface area contributed by atoms with E-state index in [0.717, 1.165) is 22.8 Å². The third-order valence-electron chi connectivity index (χ3n) is 5.93. The molecule has 7 heteroatoms. The number of hydrogen-bond acceptors (Lipinski definition) is 3. The molecule has 0 spiro atoms. The minimum atomic E-state index is -3.18. The zero-order chi connectivity index (χ0) is 21.6. The third kappa shape index (κ3) is 5.42. The van der Waals surface area contributed by atoms with Crippen molar-refractivity contribution in [3.63, 3.8) is 0 Å². The summed E-state index contributed by atoms with van der Waals surface area (Å²) in [5.74, 6) is 0.142. The number of piperidine rings is 1. The van der Waals surface area contributed by atoms with E-state index in [0.29, 0.717) is 31.6 Å². The number of benzene rings is 2. The van der Waals surface area contributed by atoms with E-state index in [1.807, 2.05) is 49.4 Å². The van der Waals surface area contributed by atoms with Gasteiger partial charge in [-0.05, 0) is 71.4 Å². The van der Waals surface area contributed by atoms with Crippen molar-refractivity contribution in [1.82, 2.24) is 9.62 Å². The first-order valence-electron chi connectivity index (χ1n) is 10.4. The van der Waals surface area contributed by atoms with E-state index >= 15 is 0 Å². The van der Waals surface area contributed by atoms with Crippen molar-refractivity contribution in [1.29, 1.82) is 0 Å². The van der Waals surface area contributed by atoms with Gasteiger partial charge in [0.1, 0.15) is 0 Å². The number of amides is 1. The molecule has 1 N–H and O–H groups in total. The van der Waals surface area contributed by atoms with E-state index in [9.17, 15) is 13.2 Å². The van der Waals surface area contributed by atoms with Gasteiger partial charge in [0, 0.05) is 23.2 Å². The zero-order valence-electron chi connectivity index (χ0n) is 17.3. The van der Waals surface area contributed by atoms with E-state index in [4.69, 9.17) is 0 Å². The van der Waals surface area contributed by atoms with Crippen LogP contribution in [0, 0.1) is 3.57 Å². The lowest BCUT2D eigenvalue weighted by atomic mass is 9.71. The third-order valence-corrected chi connectivity index (χ3v) is 8.95. The second kappa shape index (κ2) is 10.2. The molecule has 1 fully saturated rings. The van der Waals surface area contributed by atoms with Crippen LogP contribution in [0.4, 0.5) is 0 Å². The van der Waals surface area contributed by atoms with Crippen molar-refractivity contribution in [2.75, 3.05) is 25.4 Å². The molecule has 0 aromatic heterocycles. The highest BCUT2D eigenvalue weighted by Gasteiger charge is 2.38. The van der Waals surface area contributed by atoms with Gasteiger partial charge in [-0.3, -0.25) is 4.79 Å². The molecule has 5 nitrogen and oxygen atoms in total. The Morgan fingerprint density at radius 1 is 1.07 bits per heavy atom. The molecular weight excluding hydrogens is 511 g/mol. The molecule has 1 heterocycles. The van der Waals surface area contributed by atoms with Crippen LogP contribution >= 0.6 is 22.6 Å². The first kappa shape index (κ1) is 23.2. The Labute approximate surface area is 193 Å². The lowest BCUT2D eigenvalue weighted by Gasteiger charge is -2.42. The minimum absolute atomic E-state index is 0.0637. The molecule has 0 atom stereocenters. The van der Waals surface area contributed by atoms with Crippen molar-refractivity contribution >= 4 is 38.5 Å². The van der Waals surface area contributed by atoms with Gasteiger partial charge in [-0.25, -0.2) is 12.7 Å². The molecule has 1 aliphatic heterocycles. The first-order chi connectivity index (χ1) is 14.4. The van der Waals surface area contributed by atoms with Gasteiger partial charge in [-0.15, -0.1) is 0 Å². The molecule has 1 amide bonds.